The molecule has 0 aromatic rings. The summed E-state index contributed by atoms with van der Waals surface area (Å²) in [6.45, 7) is 9.58. The summed E-state index contributed by atoms with van der Waals surface area (Å²) in [7, 11) is 0. The Morgan fingerprint density at radius 3 is 2.31 bits per heavy atom. The largest absolute Gasteiger partial charge is 0.311 e. The van der Waals surface area contributed by atoms with Gasteiger partial charge in [-0.15, -0.1) is 0 Å². The van der Waals surface area contributed by atoms with Crippen LogP contribution in [-0.2, 0) is 0 Å². The topological polar surface area (TPSA) is 15.3 Å². The van der Waals surface area contributed by atoms with E-state index in [0.29, 0.717) is 0 Å². The zero-order valence-corrected chi connectivity index (χ0v) is 11.2. The van der Waals surface area contributed by atoms with Crippen LogP contribution in [0.2, 0.25) is 0 Å². The van der Waals surface area contributed by atoms with Crippen molar-refractivity contribution in [3.8, 4) is 0 Å². The van der Waals surface area contributed by atoms with Crippen LogP contribution in [0, 0.1) is 5.92 Å². The summed E-state index contributed by atoms with van der Waals surface area (Å²) in [6.07, 6.45) is 6.92. The molecule has 0 radical (unpaired) electrons. The van der Waals surface area contributed by atoms with Crippen molar-refractivity contribution in [2.75, 3.05) is 13.1 Å². The quantitative estimate of drug-likeness (QED) is 0.772. The van der Waals surface area contributed by atoms with Crippen LogP contribution in [0.5, 0.6) is 0 Å². The third kappa shape index (κ3) is 2.98. The van der Waals surface area contributed by atoms with Gasteiger partial charge in [-0.2, -0.15) is 0 Å². The van der Waals surface area contributed by atoms with Gasteiger partial charge in [0.15, 0.2) is 0 Å². The van der Waals surface area contributed by atoms with E-state index in [2.05, 4.69) is 31.0 Å². The number of hydrogen-bond acceptors (Lipinski definition) is 2. The van der Waals surface area contributed by atoms with Crippen molar-refractivity contribution < 1.29 is 0 Å². The highest BCUT2D eigenvalue weighted by Crippen LogP contribution is 2.30. The lowest BCUT2D eigenvalue weighted by molar-refractivity contribution is 0.127. The third-order valence-electron chi connectivity index (χ3n) is 4.08. The van der Waals surface area contributed by atoms with Gasteiger partial charge in [0.05, 0.1) is 0 Å². The molecule has 2 saturated heterocycles. The van der Waals surface area contributed by atoms with Crippen molar-refractivity contribution >= 4 is 0 Å². The van der Waals surface area contributed by atoms with Crippen LogP contribution in [0.1, 0.15) is 52.9 Å². The smallest absolute Gasteiger partial charge is 0.0125 e. The summed E-state index contributed by atoms with van der Waals surface area (Å²) >= 11 is 0. The molecule has 2 bridgehead atoms. The number of rotatable bonds is 5. The van der Waals surface area contributed by atoms with Gasteiger partial charge in [0.1, 0.15) is 0 Å². The molecule has 16 heavy (non-hydrogen) atoms. The Hall–Kier alpha value is -0.0800. The van der Waals surface area contributed by atoms with E-state index in [9.17, 15) is 0 Å². The van der Waals surface area contributed by atoms with Crippen molar-refractivity contribution in [2.24, 2.45) is 5.92 Å². The van der Waals surface area contributed by atoms with Gasteiger partial charge in [-0.05, 0) is 44.6 Å². The van der Waals surface area contributed by atoms with Gasteiger partial charge in [-0.1, -0.05) is 20.8 Å². The second-order valence-electron chi connectivity index (χ2n) is 6.15. The second kappa shape index (κ2) is 5.50. The van der Waals surface area contributed by atoms with E-state index in [1.165, 1.54) is 45.2 Å². The highest BCUT2D eigenvalue weighted by atomic mass is 15.2. The van der Waals surface area contributed by atoms with E-state index < -0.39 is 0 Å². The number of nitrogens with zero attached hydrogens (tertiary/aromatic N) is 1. The van der Waals surface area contributed by atoms with Gasteiger partial charge < -0.3 is 10.2 Å². The lowest BCUT2D eigenvalue weighted by atomic mass is 9.97. The number of piperidine rings is 1. The van der Waals surface area contributed by atoms with E-state index in [-0.39, 0.29) is 0 Å². The Morgan fingerprint density at radius 1 is 1.19 bits per heavy atom. The number of fused-ring (bicyclic) bond motifs is 2. The summed E-state index contributed by atoms with van der Waals surface area (Å²) < 4.78 is 0. The fraction of sp³-hybridized carbons (Fsp3) is 1.00. The van der Waals surface area contributed by atoms with Crippen LogP contribution in [0.25, 0.3) is 0 Å². The molecule has 2 aliphatic heterocycles. The summed E-state index contributed by atoms with van der Waals surface area (Å²) in [5.74, 6) is 0.805. The Labute approximate surface area is 101 Å². The van der Waals surface area contributed by atoms with Crippen molar-refractivity contribution in [3.63, 3.8) is 0 Å². The predicted molar refractivity (Wildman–Crippen MR) is 69.7 cm³/mol. The van der Waals surface area contributed by atoms with Gasteiger partial charge in [0.25, 0.3) is 0 Å². The SMILES string of the molecule is CCCN(CC(C)C)C1CC2CCC(C1)N2. The Bertz CT molecular complexity index is 203. The summed E-state index contributed by atoms with van der Waals surface area (Å²) in [5, 5.41) is 3.74. The average Bonchev–Trinajstić information content (AvgIpc) is 2.56. The molecule has 0 amide bonds. The molecule has 2 atom stereocenters. The molecular formula is C14H28N2. The van der Waals surface area contributed by atoms with Crippen molar-refractivity contribution in [2.45, 2.75) is 71.0 Å². The molecule has 2 aliphatic rings. The van der Waals surface area contributed by atoms with Crippen LogP contribution in [0.3, 0.4) is 0 Å². The second-order valence-corrected chi connectivity index (χ2v) is 6.15. The minimum atomic E-state index is 0.805. The molecule has 2 nitrogen and oxygen atoms in total. The first-order valence-corrected chi connectivity index (χ1v) is 7.19. The summed E-state index contributed by atoms with van der Waals surface area (Å²) in [4.78, 5) is 2.76. The summed E-state index contributed by atoms with van der Waals surface area (Å²) in [5.41, 5.74) is 0. The zero-order valence-electron chi connectivity index (χ0n) is 11.2. The fourth-order valence-electron chi connectivity index (χ4n) is 3.50. The number of hydrogen-bond donors (Lipinski definition) is 1. The molecular weight excluding hydrogens is 196 g/mol. The van der Waals surface area contributed by atoms with E-state index in [4.69, 9.17) is 0 Å². The van der Waals surface area contributed by atoms with Crippen LogP contribution in [0.15, 0.2) is 0 Å². The van der Waals surface area contributed by atoms with E-state index in [0.717, 1.165) is 24.0 Å². The van der Waals surface area contributed by atoms with Gasteiger partial charge in [0, 0.05) is 24.7 Å². The van der Waals surface area contributed by atoms with Crippen molar-refractivity contribution in [1.82, 2.24) is 10.2 Å². The molecule has 0 aromatic carbocycles. The predicted octanol–water partition coefficient (Wildman–Crippen LogP) is 2.64. The van der Waals surface area contributed by atoms with Crippen LogP contribution in [-0.4, -0.2) is 36.1 Å². The van der Waals surface area contributed by atoms with Crippen LogP contribution in [0.4, 0.5) is 0 Å². The molecule has 1 N–H and O–H groups in total. The molecule has 2 heterocycles. The molecule has 0 aromatic heterocycles. The van der Waals surface area contributed by atoms with Gasteiger partial charge in [-0.25, -0.2) is 0 Å². The highest BCUT2D eigenvalue weighted by molar-refractivity contribution is 4.95. The van der Waals surface area contributed by atoms with Gasteiger partial charge in [0.2, 0.25) is 0 Å². The number of nitrogens with one attached hydrogen (secondary N) is 1. The first-order valence-electron chi connectivity index (χ1n) is 7.19. The monoisotopic (exact) mass is 224 g/mol. The lowest BCUT2D eigenvalue weighted by Crippen LogP contribution is -2.49. The normalized spacial score (nSPS) is 33.9. The Kier molecular flexibility index (Phi) is 4.26. The van der Waals surface area contributed by atoms with Gasteiger partial charge in [-0.3, -0.25) is 0 Å². The first kappa shape index (κ1) is 12.4. The lowest BCUT2D eigenvalue weighted by Gasteiger charge is -2.38. The molecule has 2 heteroatoms. The van der Waals surface area contributed by atoms with Crippen LogP contribution >= 0.6 is 0 Å². The minimum Gasteiger partial charge on any atom is -0.311 e. The van der Waals surface area contributed by atoms with Crippen LogP contribution < -0.4 is 5.32 Å². The standard InChI is InChI=1S/C14H28N2/c1-4-7-16(10-11(2)3)14-8-12-5-6-13(9-14)15-12/h11-15H,4-10H2,1-3H3. The van der Waals surface area contributed by atoms with Crippen molar-refractivity contribution in [3.05, 3.63) is 0 Å². The molecule has 2 fully saturated rings. The molecule has 0 saturated carbocycles. The highest BCUT2D eigenvalue weighted by Gasteiger charge is 2.35. The Balaban J connectivity index is 1.91. The van der Waals surface area contributed by atoms with E-state index >= 15 is 0 Å². The average molecular weight is 224 g/mol. The summed E-state index contributed by atoms with van der Waals surface area (Å²) in [6, 6.07) is 2.52. The molecule has 0 spiro atoms. The maximum Gasteiger partial charge on any atom is 0.0125 e. The van der Waals surface area contributed by atoms with Crippen molar-refractivity contribution in [1.29, 1.82) is 0 Å². The van der Waals surface area contributed by atoms with E-state index in [1.54, 1.807) is 0 Å². The maximum absolute atomic E-state index is 3.74. The Morgan fingerprint density at radius 2 is 1.81 bits per heavy atom. The zero-order chi connectivity index (χ0) is 11.5. The molecule has 94 valence electrons. The first-order chi connectivity index (χ1) is 7.69. The third-order valence-corrected chi connectivity index (χ3v) is 4.08. The maximum atomic E-state index is 3.74. The molecule has 0 aliphatic carbocycles. The minimum absolute atomic E-state index is 0.805. The molecule has 2 unspecified atom stereocenters. The van der Waals surface area contributed by atoms with E-state index in [1.807, 2.05) is 0 Å². The fourth-order valence-corrected chi connectivity index (χ4v) is 3.50. The van der Waals surface area contributed by atoms with Gasteiger partial charge >= 0.3 is 0 Å². The molecule has 2 rings (SSSR count).